The molecule has 1 aliphatic rings. The lowest BCUT2D eigenvalue weighted by Crippen LogP contribution is -2.44. The van der Waals surface area contributed by atoms with Gasteiger partial charge in [-0.2, -0.15) is 4.98 Å². The van der Waals surface area contributed by atoms with E-state index in [-0.39, 0.29) is 0 Å². The van der Waals surface area contributed by atoms with Crippen LogP contribution < -0.4 is 15.8 Å². The zero-order chi connectivity index (χ0) is 25.2. The van der Waals surface area contributed by atoms with E-state index in [4.69, 9.17) is 4.74 Å². The molecular weight excluding hydrogens is 448 g/mol. The van der Waals surface area contributed by atoms with Crippen LogP contribution in [0, 0.1) is 0 Å². The Labute approximate surface area is 204 Å². The summed E-state index contributed by atoms with van der Waals surface area (Å²) in [5, 5.41) is 3.11. The number of piperazine rings is 1. The van der Waals surface area contributed by atoms with Gasteiger partial charge in [0.1, 0.15) is 11.4 Å². The third-order valence-corrected chi connectivity index (χ3v) is 5.61. The van der Waals surface area contributed by atoms with Crippen molar-refractivity contribution in [3.8, 4) is 5.82 Å². The predicted octanol–water partition coefficient (Wildman–Crippen LogP) is 2.67. The molecule has 0 amide bonds. The number of pyridine rings is 1. The number of carbonyl (C=O) groups excluding carboxylic acids is 1. The molecule has 1 aliphatic heterocycles. The zero-order valence-corrected chi connectivity index (χ0v) is 20.9. The van der Waals surface area contributed by atoms with Gasteiger partial charge in [0.25, 0.3) is 5.56 Å². The van der Waals surface area contributed by atoms with E-state index in [0.29, 0.717) is 29.7 Å². The van der Waals surface area contributed by atoms with Crippen LogP contribution in [0.1, 0.15) is 33.4 Å². The summed E-state index contributed by atoms with van der Waals surface area (Å²) in [5.74, 6) is 1.25. The Morgan fingerprint density at radius 3 is 2.49 bits per heavy atom. The lowest BCUT2D eigenvalue weighted by molar-refractivity contribution is 0.0495. The van der Waals surface area contributed by atoms with E-state index in [9.17, 15) is 9.59 Å². The Balaban J connectivity index is 1.58. The van der Waals surface area contributed by atoms with E-state index < -0.39 is 17.3 Å². The van der Waals surface area contributed by atoms with Gasteiger partial charge >= 0.3 is 6.09 Å². The molecule has 11 heteroatoms. The quantitative estimate of drug-likeness (QED) is 0.589. The van der Waals surface area contributed by atoms with Crippen molar-refractivity contribution in [3.63, 3.8) is 0 Å². The van der Waals surface area contributed by atoms with Crippen LogP contribution in [0.25, 0.3) is 5.82 Å². The van der Waals surface area contributed by atoms with Crippen molar-refractivity contribution in [2.75, 3.05) is 43.4 Å². The van der Waals surface area contributed by atoms with Gasteiger partial charge in [0, 0.05) is 50.2 Å². The van der Waals surface area contributed by atoms with Gasteiger partial charge in [-0.3, -0.25) is 4.79 Å². The average molecular weight is 481 g/mol. The molecule has 1 N–H and O–H groups in total. The molecule has 0 saturated carbocycles. The minimum Gasteiger partial charge on any atom is -0.442 e. The Morgan fingerprint density at radius 2 is 1.86 bits per heavy atom. The molecule has 0 unspecified atom stereocenters. The summed E-state index contributed by atoms with van der Waals surface area (Å²) in [5.41, 5.74) is 0.461. The highest BCUT2D eigenvalue weighted by Gasteiger charge is 2.24. The summed E-state index contributed by atoms with van der Waals surface area (Å²) in [7, 11) is 2.13. The molecule has 0 bridgehead atoms. The van der Waals surface area contributed by atoms with Gasteiger partial charge in [-0.15, -0.1) is 4.68 Å². The number of carbonyl (C=O) groups is 1. The Kier molecular flexibility index (Phi) is 6.88. The highest BCUT2D eigenvalue weighted by molar-refractivity contribution is 5.70. The van der Waals surface area contributed by atoms with Crippen molar-refractivity contribution in [1.29, 1.82) is 0 Å². The second-order valence-corrected chi connectivity index (χ2v) is 9.49. The van der Waals surface area contributed by atoms with Crippen molar-refractivity contribution < 1.29 is 9.53 Å². The molecule has 35 heavy (non-hydrogen) atoms. The van der Waals surface area contributed by atoms with Crippen molar-refractivity contribution in [1.82, 2.24) is 29.2 Å². The Hall–Kier alpha value is -3.73. The van der Waals surface area contributed by atoms with Crippen LogP contribution in [-0.2, 0) is 11.2 Å². The molecule has 0 aromatic carbocycles. The first-order chi connectivity index (χ1) is 16.6. The van der Waals surface area contributed by atoms with Crippen LogP contribution in [0.3, 0.4) is 0 Å². The standard InChI is InChI=1S/C24H32N8O3/c1-6-17-15-21(33)32(23(34)35-24(2,3)4)31(17)20-9-10-25-22(28-20)27-19-8-7-18(16-26-19)30-13-11-29(5)12-14-30/h7-10,15-16H,6,11-14H2,1-5H3,(H,25,26,27,28). The molecule has 4 rings (SSSR count). The number of rotatable bonds is 5. The number of likely N-dealkylation sites (N-methyl/N-ethyl adjacent to an activating group) is 1. The molecular formula is C24H32N8O3. The van der Waals surface area contributed by atoms with Crippen LogP contribution in [0.15, 0.2) is 41.5 Å². The maximum absolute atomic E-state index is 12.8. The first-order valence-corrected chi connectivity index (χ1v) is 11.7. The Morgan fingerprint density at radius 1 is 1.11 bits per heavy atom. The Bertz CT molecular complexity index is 1230. The fraction of sp³-hybridized carbons (Fsp3) is 0.458. The summed E-state index contributed by atoms with van der Waals surface area (Å²) < 4.78 is 7.87. The highest BCUT2D eigenvalue weighted by Crippen LogP contribution is 2.19. The SMILES string of the molecule is CCc1cc(=O)n(C(=O)OC(C)(C)C)n1-c1ccnc(Nc2ccc(N3CCN(C)CC3)cn2)n1. The molecule has 0 atom stereocenters. The third kappa shape index (κ3) is 5.68. The molecule has 4 heterocycles. The number of ether oxygens (including phenoxy) is 1. The molecule has 0 aliphatic carbocycles. The monoisotopic (exact) mass is 480 g/mol. The number of nitrogens with zero attached hydrogens (tertiary/aromatic N) is 7. The molecule has 0 radical (unpaired) electrons. The van der Waals surface area contributed by atoms with Gasteiger partial charge in [0.05, 0.1) is 11.9 Å². The highest BCUT2D eigenvalue weighted by atomic mass is 16.6. The number of aromatic nitrogens is 5. The fourth-order valence-corrected chi connectivity index (χ4v) is 3.82. The summed E-state index contributed by atoms with van der Waals surface area (Å²) in [6.07, 6.45) is 3.15. The number of hydrogen-bond donors (Lipinski definition) is 1. The molecule has 11 nitrogen and oxygen atoms in total. The first kappa shape index (κ1) is 24.4. The van der Waals surface area contributed by atoms with Crippen molar-refractivity contribution >= 4 is 23.5 Å². The fourth-order valence-electron chi connectivity index (χ4n) is 3.82. The van der Waals surface area contributed by atoms with Crippen LogP contribution in [0.5, 0.6) is 0 Å². The number of aryl methyl sites for hydroxylation is 1. The minimum atomic E-state index is -0.767. The van der Waals surface area contributed by atoms with Crippen molar-refractivity contribution in [2.45, 2.75) is 39.7 Å². The van der Waals surface area contributed by atoms with Gasteiger partial charge in [-0.1, -0.05) is 6.92 Å². The second kappa shape index (κ2) is 9.87. The summed E-state index contributed by atoms with van der Waals surface area (Å²) in [4.78, 5) is 43.4. The van der Waals surface area contributed by atoms with Gasteiger partial charge in [0.2, 0.25) is 5.95 Å². The topological polar surface area (TPSA) is 110 Å². The van der Waals surface area contributed by atoms with Crippen molar-refractivity contribution in [2.24, 2.45) is 0 Å². The molecule has 3 aromatic heterocycles. The van der Waals surface area contributed by atoms with Crippen LogP contribution in [0.2, 0.25) is 0 Å². The average Bonchev–Trinajstić information content (AvgIpc) is 3.16. The summed E-state index contributed by atoms with van der Waals surface area (Å²) in [6, 6.07) is 6.95. The van der Waals surface area contributed by atoms with Gasteiger partial charge in [-0.05, 0) is 46.4 Å². The third-order valence-electron chi connectivity index (χ3n) is 5.61. The van der Waals surface area contributed by atoms with E-state index in [1.165, 1.54) is 10.7 Å². The normalized spacial score (nSPS) is 14.7. The van der Waals surface area contributed by atoms with Crippen LogP contribution >= 0.6 is 0 Å². The number of hydrogen-bond acceptors (Lipinski definition) is 9. The summed E-state index contributed by atoms with van der Waals surface area (Å²) >= 11 is 0. The van der Waals surface area contributed by atoms with E-state index in [2.05, 4.69) is 37.1 Å². The molecule has 1 fully saturated rings. The maximum Gasteiger partial charge on any atom is 0.437 e. The number of anilines is 3. The largest absolute Gasteiger partial charge is 0.442 e. The zero-order valence-electron chi connectivity index (χ0n) is 20.9. The molecule has 0 spiro atoms. The first-order valence-electron chi connectivity index (χ1n) is 11.7. The molecule has 186 valence electrons. The van der Waals surface area contributed by atoms with Gasteiger partial charge in [-0.25, -0.2) is 19.4 Å². The second-order valence-electron chi connectivity index (χ2n) is 9.49. The smallest absolute Gasteiger partial charge is 0.437 e. The maximum atomic E-state index is 12.8. The van der Waals surface area contributed by atoms with E-state index in [0.717, 1.165) is 36.5 Å². The lowest BCUT2D eigenvalue weighted by Gasteiger charge is -2.33. The summed E-state index contributed by atoms with van der Waals surface area (Å²) in [6.45, 7) is 11.1. The molecule has 3 aromatic rings. The lowest BCUT2D eigenvalue weighted by atomic mass is 10.2. The van der Waals surface area contributed by atoms with Crippen LogP contribution in [-0.4, -0.2) is 74.1 Å². The number of nitrogens with one attached hydrogen (secondary N) is 1. The van der Waals surface area contributed by atoms with Gasteiger partial charge < -0.3 is 19.9 Å². The van der Waals surface area contributed by atoms with Crippen molar-refractivity contribution in [3.05, 3.63) is 52.7 Å². The van der Waals surface area contributed by atoms with Crippen LogP contribution in [0.4, 0.5) is 22.2 Å². The van der Waals surface area contributed by atoms with E-state index in [1.807, 2.05) is 25.3 Å². The van der Waals surface area contributed by atoms with E-state index in [1.54, 1.807) is 33.0 Å². The minimum absolute atomic E-state index is 0.293. The van der Waals surface area contributed by atoms with E-state index >= 15 is 0 Å². The molecule has 1 saturated heterocycles. The van der Waals surface area contributed by atoms with Gasteiger partial charge in [0.15, 0.2) is 5.82 Å². The predicted molar refractivity (Wildman–Crippen MR) is 134 cm³/mol.